The second kappa shape index (κ2) is 20.2. The molecule has 2 heterocycles. The van der Waals surface area contributed by atoms with Crippen molar-refractivity contribution < 1.29 is 89.9 Å². The van der Waals surface area contributed by atoms with Crippen LogP contribution in [0.15, 0.2) is 12.2 Å². The summed E-state index contributed by atoms with van der Waals surface area (Å²) < 4.78 is 23.9. The molecular formula is C30H53FKN5O7S. The first kappa shape index (κ1) is 42.7. The number of alkyl carbamates (subject to hydrolysis) is 1. The molecule has 1 saturated heterocycles. The molecule has 254 valence electrons. The fourth-order valence-corrected chi connectivity index (χ4v) is 5.63. The number of halogens is 1. The van der Waals surface area contributed by atoms with Crippen LogP contribution in [0.2, 0.25) is 0 Å². The van der Waals surface area contributed by atoms with Gasteiger partial charge in [-0.15, -0.1) is 7.05 Å². The van der Waals surface area contributed by atoms with E-state index in [0.29, 0.717) is 18.9 Å². The van der Waals surface area contributed by atoms with Crippen molar-refractivity contribution in [2.24, 2.45) is 5.92 Å². The Balaban J connectivity index is 0.000000658. The van der Waals surface area contributed by atoms with Crippen LogP contribution in [0.1, 0.15) is 86.5 Å². The molecule has 15 heteroatoms. The van der Waals surface area contributed by atoms with E-state index in [1.54, 1.807) is 20.8 Å². The monoisotopic (exact) mass is 685 g/mol. The summed E-state index contributed by atoms with van der Waals surface area (Å²) in [7, 11) is 1.46. The van der Waals surface area contributed by atoms with Gasteiger partial charge in [0.05, 0.1) is 17.0 Å². The number of carbonyl (C=O) groups is 3. The van der Waals surface area contributed by atoms with Crippen LogP contribution in [0.4, 0.5) is 9.18 Å². The second-order valence-electron chi connectivity index (χ2n) is 12.3. The van der Waals surface area contributed by atoms with E-state index in [0.717, 1.165) is 48.6 Å². The molecule has 4 rings (SSSR count). The van der Waals surface area contributed by atoms with Gasteiger partial charge in [0, 0.05) is 25.6 Å². The smallest absolute Gasteiger partial charge is 0.561 e. The van der Waals surface area contributed by atoms with Crippen LogP contribution in [0.5, 0.6) is 0 Å². The van der Waals surface area contributed by atoms with E-state index in [-0.39, 0.29) is 87.7 Å². The predicted octanol–water partition coefficient (Wildman–Crippen LogP) is 1.27. The summed E-state index contributed by atoms with van der Waals surface area (Å²) in [5, 5.41) is 24.8. The second-order valence-corrected chi connectivity index (χ2v) is 13.7. The maximum Gasteiger partial charge on any atom is 1.00 e. The number of nitrogens with zero attached hydrogens (tertiary/aromatic N) is 3. The van der Waals surface area contributed by atoms with Crippen molar-refractivity contribution in [1.29, 1.82) is 0 Å². The Morgan fingerprint density at radius 1 is 1.31 bits per heavy atom. The Morgan fingerprint density at radius 3 is 2.53 bits per heavy atom. The van der Waals surface area contributed by atoms with E-state index in [9.17, 15) is 23.9 Å². The minimum atomic E-state index is -1.02. The van der Waals surface area contributed by atoms with E-state index in [2.05, 4.69) is 28.2 Å². The maximum atomic E-state index is 13.6. The molecule has 0 radical (unpaired) electrons. The summed E-state index contributed by atoms with van der Waals surface area (Å²) in [5.41, 5.74) is 2.72. The van der Waals surface area contributed by atoms with Crippen molar-refractivity contribution in [2.75, 3.05) is 26.9 Å². The number of rotatable bonds is 6. The summed E-state index contributed by atoms with van der Waals surface area (Å²) in [6.45, 7) is 11.2. The minimum Gasteiger partial charge on any atom is -0.561 e. The number of aliphatic hydroxyl groups is 1. The molecule has 6 atom stereocenters. The minimum absolute atomic E-state index is 0. The summed E-state index contributed by atoms with van der Waals surface area (Å²) in [6.07, 6.45) is 6.95. The molecule has 0 aromatic rings. The van der Waals surface area contributed by atoms with E-state index in [4.69, 9.17) is 14.7 Å². The Kier molecular flexibility index (Phi) is 19.2. The summed E-state index contributed by atoms with van der Waals surface area (Å²) in [4.78, 5) is 40.4. The number of carbonyl (C=O) groups excluding carboxylic acids is 3. The average molecular weight is 686 g/mol. The number of aliphatic hydroxyl groups excluding tert-OH is 1. The van der Waals surface area contributed by atoms with Gasteiger partial charge < -0.3 is 40.7 Å². The third-order valence-corrected chi connectivity index (χ3v) is 8.70. The number of hydrogen-bond donors (Lipinski definition) is 4. The van der Waals surface area contributed by atoms with Crippen LogP contribution in [-0.2, 0) is 19.1 Å². The Hall–Kier alpha value is -0.334. The molecule has 3 fully saturated rings. The zero-order valence-electron chi connectivity index (χ0n) is 28.3. The molecule has 45 heavy (non-hydrogen) atoms. The first-order valence-corrected chi connectivity index (χ1v) is 16.5. The first-order valence-electron chi connectivity index (χ1n) is 15.7. The Labute approximate surface area is 314 Å². The normalized spacial score (nSPS) is 29.8. The van der Waals surface area contributed by atoms with Crippen molar-refractivity contribution in [3.05, 3.63) is 17.6 Å². The molecule has 12 nitrogen and oxygen atoms in total. The molecule has 4 aliphatic rings. The number of ether oxygens (including phenoxy) is 2. The van der Waals surface area contributed by atoms with Crippen LogP contribution >= 0.6 is 11.9 Å². The molecule has 2 saturated carbocycles. The van der Waals surface area contributed by atoms with Crippen LogP contribution in [0.25, 0.3) is 5.43 Å². The van der Waals surface area contributed by atoms with Gasteiger partial charge in [-0.1, -0.05) is 44.9 Å². The van der Waals surface area contributed by atoms with Crippen molar-refractivity contribution in [3.63, 3.8) is 0 Å². The Bertz CT molecular complexity index is 971. The van der Waals surface area contributed by atoms with Gasteiger partial charge in [0.2, 0.25) is 11.8 Å². The van der Waals surface area contributed by atoms with Gasteiger partial charge in [-0.3, -0.25) is 9.59 Å². The molecule has 2 aliphatic heterocycles. The fraction of sp³-hybridized carbons (Fsp3) is 0.833. The van der Waals surface area contributed by atoms with Crippen LogP contribution in [-0.4, -0.2) is 105 Å². The summed E-state index contributed by atoms with van der Waals surface area (Å²) >= 11 is 1.06. The van der Waals surface area contributed by atoms with Crippen LogP contribution in [0, 0.1) is 5.92 Å². The van der Waals surface area contributed by atoms with Crippen molar-refractivity contribution in [3.8, 4) is 0 Å². The van der Waals surface area contributed by atoms with E-state index in [1.807, 2.05) is 20.8 Å². The average Bonchev–Trinajstić information content (AvgIpc) is 3.88. The predicted molar refractivity (Wildman–Crippen MR) is 168 cm³/mol. The topological polar surface area (TPSA) is 155 Å². The number of fused-ring (bicyclic) bond motifs is 2. The molecule has 3 amide bonds. The first-order chi connectivity index (χ1) is 20.8. The van der Waals surface area contributed by atoms with Gasteiger partial charge in [0.1, 0.15) is 24.4 Å². The van der Waals surface area contributed by atoms with Crippen molar-refractivity contribution in [2.45, 2.75) is 127 Å². The van der Waals surface area contributed by atoms with Crippen LogP contribution < -0.4 is 62.0 Å². The SMILES string of the molecule is CC.CCC1OCCC/C=C\[C@@H]2CC2NC(=O)C2C[C@@H](O)CN2C(=O)[C@H]1NC(=O)OC(C)(C)C.C[N-]N(O)SC1(CF)CC1.[K+]. The molecule has 0 spiro atoms. The summed E-state index contributed by atoms with van der Waals surface area (Å²) in [5.74, 6) is -0.402. The van der Waals surface area contributed by atoms with Crippen LogP contribution in [0.3, 0.4) is 0 Å². The van der Waals surface area contributed by atoms with Gasteiger partial charge in [-0.05, 0) is 65.2 Å². The molecule has 2 aliphatic carbocycles. The van der Waals surface area contributed by atoms with Gasteiger partial charge in [-0.2, -0.15) is 0 Å². The fourth-order valence-electron chi connectivity index (χ4n) is 4.86. The number of allylic oxidation sites excluding steroid dienone is 1. The molecule has 0 bridgehead atoms. The van der Waals surface area contributed by atoms with Gasteiger partial charge in [-0.25, -0.2) is 13.8 Å². The Morgan fingerprint density at radius 2 is 1.98 bits per heavy atom. The molecule has 4 N–H and O–H groups in total. The van der Waals surface area contributed by atoms with Gasteiger partial charge in [0.25, 0.3) is 0 Å². The van der Waals surface area contributed by atoms with E-state index >= 15 is 0 Å². The largest absolute Gasteiger partial charge is 1.00 e. The molecule has 0 aromatic carbocycles. The maximum absolute atomic E-state index is 13.6. The van der Waals surface area contributed by atoms with Crippen molar-refractivity contribution in [1.82, 2.24) is 20.1 Å². The van der Waals surface area contributed by atoms with E-state index in [1.165, 1.54) is 11.9 Å². The van der Waals surface area contributed by atoms with Crippen molar-refractivity contribution >= 4 is 29.9 Å². The number of alkyl halides is 1. The number of amides is 3. The zero-order chi connectivity index (χ0) is 33.1. The quantitative estimate of drug-likeness (QED) is 0.140. The number of hydrogen-bond acceptors (Lipinski definition) is 9. The molecular weight excluding hydrogens is 633 g/mol. The van der Waals surface area contributed by atoms with E-state index < -0.39 is 41.9 Å². The molecule has 0 aromatic heterocycles. The van der Waals surface area contributed by atoms with Gasteiger partial charge >= 0.3 is 57.5 Å². The third kappa shape index (κ3) is 14.4. The third-order valence-electron chi connectivity index (χ3n) is 7.47. The number of nitrogens with one attached hydrogen (secondary N) is 2. The zero-order valence-corrected chi connectivity index (χ0v) is 32.2. The van der Waals surface area contributed by atoms with Gasteiger partial charge in [0.15, 0.2) is 0 Å². The molecule has 3 unspecified atom stereocenters. The summed E-state index contributed by atoms with van der Waals surface area (Å²) in [6, 6.07) is -1.74. The standard InChI is InChI=1S/C23H37N3O6.C5H10FN2OS.C2H6.K/c1-5-18-19(25-22(30)32-23(2,3)4)21(29)26-13-15(27)12-17(26)20(28)24-16-11-14(16)9-7-6-8-10-31-18;1-7-8(9)10-5(4-6)2-3-5;1-2;/h7,9,14-19,27H,5-6,8,10-13H2,1-4H3,(H,24,28)(H,25,30);9H,2-4H2,1H3;1-2H3;/q;-1;;+1/b9-7-;;;/t14-,15-,16?,17?,18?,19+;;;/m1.../s1.